The highest BCUT2D eigenvalue weighted by molar-refractivity contribution is 5.96. The first-order valence-electron chi connectivity index (χ1n) is 10.6. The lowest BCUT2D eigenvalue weighted by molar-refractivity contribution is -0.117. The van der Waals surface area contributed by atoms with Gasteiger partial charge in [0.1, 0.15) is 5.75 Å². The van der Waals surface area contributed by atoms with Gasteiger partial charge in [-0.15, -0.1) is 0 Å². The number of anilines is 1. The van der Waals surface area contributed by atoms with Gasteiger partial charge in [-0.3, -0.25) is 4.79 Å². The summed E-state index contributed by atoms with van der Waals surface area (Å²) >= 11 is 0. The molecule has 0 bridgehead atoms. The summed E-state index contributed by atoms with van der Waals surface area (Å²) in [6, 6.07) is 14.4. The molecule has 2 aliphatic rings. The Morgan fingerprint density at radius 3 is 2.77 bits per heavy atom. The number of methoxy groups -OCH3 is 1. The number of aryl methyl sites for hydroxylation is 4. The molecule has 1 unspecified atom stereocenters. The summed E-state index contributed by atoms with van der Waals surface area (Å²) in [7, 11) is 1.66. The zero-order valence-electron chi connectivity index (χ0n) is 17.1. The average molecular weight is 403 g/mol. The molecule has 30 heavy (non-hydrogen) atoms. The summed E-state index contributed by atoms with van der Waals surface area (Å²) in [6.45, 7) is 0.606. The Hall–Kier alpha value is -3.15. The first-order valence-corrected chi connectivity index (χ1v) is 10.6. The summed E-state index contributed by atoms with van der Waals surface area (Å²) in [5.41, 5.74) is 4.98. The lowest BCUT2D eigenvalue weighted by atomic mass is 10.1. The number of benzene rings is 2. The van der Waals surface area contributed by atoms with Gasteiger partial charge in [-0.25, -0.2) is 0 Å². The van der Waals surface area contributed by atoms with Gasteiger partial charge in [0.25, 0.3) is 0 Å². The van der Waals surface area contributed by atoms with Crippen LogP contribution < -0.4 is 9.64 Å². The highest BCUT2D eigenvalue weighted by Crippen LogP contribution is 2.33. The van der Waals surface area contributed by atoms with Crippen molar-refractivity contribution >= 4 is 11.6 Å². The number of aromatic nitrogens is 2. The van der Waals surface area contributed by atoms with Crippen molar-refractivity contribution in [2.75, 3.05) is 18.6 Å². The van der Waals surface area contributed by atoms with Crippen LogP contribution in [0.3, 0.4) is 0 Å². The Kier molecular flexibility index (Phi) is 4.99. The van der Waals surface area contributed by atoms with E-state index in [0.717, 1.165) is 30.7 Å². The first-order chi connectivity index (χ1) is 14.7. The second kappa shape index (κ2) is 7.94. The largest absolute Gasteiger partial charge is 0.497 e. The number of carbonyl (C=O) groups excluding carboxylic acids is 1. The minimum absolute atomic E-state index is 0.0239. The molecule has 5 rings (SSSR count). The molecule has 1 aliphatic carbocycles. The number of hydrogen-bond acceptors (Lipinski definition) is 5. The van der Waals surface area contributed by atoms with Crippen LogP contribution in [0.5, 0.6) is 5.75 Å². The molecule has 6 nitrogen and oxygen atoms in total. The van der Waals surface area contributed by atoms with Gasteiger partial charge in [0.15, 0.2) is 5.82 Å². The number of ether oxygens (including phenoxy) is 1. The van der Waals surface area contributed by atoms with E-state index in [2.05, 4.69) is 28.3 Å². The van der Waals surface area contributed by atoms with E-state index < -0.39 is 0 Å². The molecule has 154 valence electrons. The van der Waals surface area contributed by atoms with Crippen molar-refractivity contribution in [3.05, 3.63) is 70.9 Å². The van der Waals surface area contributed by atoms with E-state index in [1.807, 2.05) is 29.2 Å². The normalized spacial score (nSPS) is 18.1. The van der Waals surface area contributed by atoms with E-state index in [9.17, 15) is 4.79 Å². The lowest BCUT2D eigenvalue weighted by Crippen LogP contribution is -2.24. The summed E-state index contributed by atoms with van der Waals surface area (Å²) in [5, 5.41) is 4.17. The van der Waals surface area contributed by atoms with Crippen molar-refractivity contribution in [3.8, 4) is 5.75 Å². The number of carbonyl (C=O) groups is 1. The summed E-state index contributed by atoms with van der Waals surface area (Å²) in [6.07, 6.45) is 5.38. The second-order valence-electron chi connectivity index (χ2n) is 8.11. The molecule has 0 N–H and O–H groups in total. The Bertz CT molecular complexity index is 1060. The van der Waals surface area contributed by atoms with Gasteiger partial charge in [0.05, 0.1) is 7.11 Å². The smallest absolute Gasteiger partial charge is 0.227 e. The van der Waals surface area contributed by atoms with Gasteiger partial charge >= 0.3 is 0 Å². The molecule has 3 aromatic rings. The topological polar surface area (TPSA) is 68.5 Å². The minimum Gasteiger partial charge on any atom is -0.497 e. The molecule has 0 saturated carbocycles. The van der Waals surface area contributed by atoms with Gasteiger partial charge in [-0.2, -0.15) is 4.98 Å². The minimum atomic E-state index is -0.0239. The van der Waals surface area contributed by atoms with Crippen LogP contribution in [0.15, 0.2) is 47.0 Å². The molecule has 1 fully saturated rings. The maximum Gasteiger partial charge on any atom is 0.227 e. The fourth-order valence-corrected chi connectivity index (χ4v) is 4.44. The van der Waals surface area contributed by atoms with E-state index in [-0.39, 0.29) is 11.8 Å². The number of amides is 1. The van der Waals surface area contributed by atoms with Crippen LogP contribution in [0.2, 0.25) is 0 Å². The van der Waals surface area contributed by atoms with E-state index in [1.165, 1.54) is 23.1 Å². The van der Waals surface area contributed by atoms with Crippen molar-refractivity contribution in [2.45, 2.75) is 44.4 Å². The van der Waals surface area contributed by atoms with Gasteiger partial charge in [-0.1, -0.05) is 23.4 Å². The number of rotatable bonds is 6. The van der Waals surface area contributed by atoms with Crippen molar-refractivity contribution in [1.29, 1.82) is 0 Å². The van der Waals surface area contributed by atoms with Crippen LogP contribution in [-0.4, -0.2) is 29.7 Å². The SMILES string of the molecule is COc1ccc(CCc2nc(C3CC(=O)N(c4ccc5c(c4)CCC5)C3)no2)cc1. The molecule has 1 saturated heterocycles. The van der Waals surface area contributed by atoms with E-state index >= 15 is 0 Å². The van der Waals surface area contributed by atoms with Crippen LogP contribution in [-0.2, 0) is 30.5 Å². The number of nitrogens with zero attached hydrogens (tertiary/aromatic N) is 3. The van der Waals surface area contributed by atoms with Crippen molar-refractivity contribution in [1.82, 2.24) is 10.1 Å². The van der Waals surface area contributed by atoms with Crippen LogP contribution >= 0.6 is 0 Å². The van der Waals surface area contributed by atoms with Crippen LogP contribution in [0.1, 0.15) is 47.2 Å². The summed E-state index contributed by atoms with van der Waals surface area (Å²) in [5.74, 6) is 2.20. The Balaban J connectivity index is 1.23. The number of hydrogen-bond donors (Lipinski definition) is 0. The Morgan fingerprint density at radius 2 is 1.93 bits per heavy atom. The monoisotopic (exact) mass is 403 g/mol. The standard InChI is InChI=1S/C24H25N3O3/c1-29-21-10-5-16(6-11-21)7-12-22-25-24(26-30-22)19-14-23(28)27(15-19)20-9-8-17-3-2-4-18(17)13-20/h5-6,8-11,13,19H,2-4,7,12,14-15H2,1H3. The predicted molar refractivity (Wildman–Crippen MR) is 113 cm³/mol. The van der Waals surface area contributed by atoms with E-state index in [1.54, 1.807) is 7.11 Å². The summed E-state index contributed by atoms with van der Waals surface area (Å²) in [4.78, 5) is 19.1. The first kappa shape index (κ1) is 18.9. The summed E-state index contributed by atoms with van der Waals surface area (Å²) < 4.78 is 10.7. The van der Waals surface area contributed by atoms with E-state index in [0.29, 0.717) is 31.1 Å². The predicted octanol–water partition coefficient (Wildman–Crippen LogP) is 3.87. The fourth-order valence-electron chi connectivity index (χ4n) is 4.44. The van der Waals surface area contributed by atoms with Gasteiger partial charge in [0, 0.05) is 31.0 Å². The Morgan fingerprint density at radius 1 is 1.10 bits per heavy atom. The zero-order valence-corrected chi connectivity index (χ0v) is 17.1. The maximum absolute atomic E-state index is 12.7. The molecule has 1 amide bonds. The molecule has 2 heterocycles. The lowest BCUT2D eigenvalue weighted by Gasteiger charge is -2.17. The molecule has 2 aromatic carbocycles. The van der Waals surface area contributed by atoms with Crippen molar-refractivity contribution in [3.63, 3.8) is 0 Å². The third-order valence-corrected chi connectivity index (χ3v) is 6.15. The number of fused-ring (bicyclic) bond motifs is 1. The highest BCUT2D eigenvalue weighted by atomic mass is 16.5. The zero-order chi connectivity index (χ0) is 20.5. The van der Waals surface area contributed by atoms with Crippen LogP contribution in [0.4, 0.5) is 5.69 Å². The third kappa shape index (κ3) is 3.70. The maximum atomic E-state index is 12.7. The van der Waals surface area contributed by atoms with Crippen LogP contribution in [0.25, 0.3) is 0 Å². The van der Waals surface area contributed by atoms with Crippen molar-refractivity contribution in [2.24, 2.45) is 0 Å². The van der Waals surface area contributed by atoms with Gasteiger partial charge < -0.3 is 14.2 Å². The van der Waals surface area contributed by atoms with Crippen LogP contribution in [0, 0.1) is 0 Å². The average Bonchev–Trinajstić information content (AvgIpc) is 3.51. The molecular formula is C24H25N3O3. The second-order valence-corrected chi connectivity index (χ2v) is 8.11. The molecule has 0 spiro atoms. The molecule has 1 atom stereocenters. The fraction of sp³-hybridized carbons (Fsp3) is 0.375. The van der Waals surface area contributed by atoms with Gasteiger partial charge in [-0.05, 0) is 66.6 Å². The quantitative estimate of drug-likeness (QED) is 0.625. The molecule has 1 aromatic heterocycles. The van der Waals surface area contributed by atoms with Gasteiger partial charge in [0.2, 0.25) is 11.8 Å². The molecule has 6 heteroatoms. The molecule has 1 aliphatic heterocycles. The third-order valence-electron chi connectivity index (χ3n) is 6.15. The Labute approximate surface area is 175 Å². The highest BCUT2D eigenvalue weighted by Gasteiger charge is 2.34. The molecular weight excluding hydrogens is 378 g/mol. The van der Waals surface area contributed by atoms with Crippen molar-refractivity contribution < 1.29 is 14.1 Å². The van der Waals surface area contributed by atoms with E-state index in [4.69, 9.17) is 9.26 Å². The molecule has 0 radical (unpaired) electrons.